The van der Waals surface area contributed by atoms with E-state index in [1.807, 2.05) is 0 Å². The molecule has 0 aliphatic heterocycles. The molecule has 1 N–H and O–H groups in total. The van der Waals surface area contributed by atoms with E-state index in [2.05, 4.69) is 4.72 Å². The molecule has 0 aromatic heterocycles. The number of ether oxygens (including phenoxy) is 2. The third-order valence-corrected chi connectivity index (χ3v) is 8.00. The quantitative estimate of drug-likeness (QED) is 0.471. The molecule has 2 aromatic carbocycles. The number of hydrogen-bond donors (Lipinski definition) is 1. The van der Waals surface area contributed by atoms with Gasteiger partial charge in [-0.05, 0) is 63.2 Å². The second-order valence-electron chi connectivity index (χ2n) is 7.26. The van der Waals surface area contributed by atoms with Gasteiger partial charge in [-0.15, -0.1) is 0 Å². The number of esters is 1. The molecule has 0 radical (unpaired) electrons. The van der Waals surface area contributed by atoms with Crippen LogP contribution in [0.25, 0.3) is 0 Å². The number of rotatable bonds is 11. The summed E-state index contributed by atoms with van der Waals surface area (Å²) < 4.78 is 66.2. The fourth-order valence-electron chi connectivity index (χ4n) is 3.01. The van der Waals surface area contributed by atoms with Gasteiger partial charge in [-0.25, -0.2) is 21.6 Å². The number of nitrogens with one attached hydrogen (secondary N) is 1. The van der Waals surface area contributed by atoms with E-state index in [4.69, 9.17) is 9.47 Å². The van der Waals surface area contributed by atoms with Gasteiger partial charge in [0, 0.05) is 13.1 Å². The van der Waals surface area contributed by atoms with Crippen molar-refractivity contribution in [1.82, 2.24) is 4.31 Å². The SMILES string of the molecule is CCOC(=O)c1ccc(S(=O)(=O)Nc2cc(S(=O)(=O)N(CC)CC)ccc2OC(C)C)cc1. The van der Waals surface area contributed by atoms with E-state index in [9.17, 15) is 21.6 Å². The summed E-state index contributed by atoms with van der Waals surface area (Å²) in [5.74, 6) is -0.369. The summed E-state index contributed by atoms with van der Waals surface area (Å²) in [6.45, 7) is 9.41. The third-order valence-electron chi connectivity index (χ3n) is 4.58. The minimum Gasteiger partial charge on any atom is -0.489 e. The van der Waals surface area contributed by atoms with Crippen LogP contribution in [0.2, 0.25) is 0 Å². The van der Waals surface area contributed by atoms with Gasteiger partial charge in [0.1, 0.15) is 5.75 Å². The van der Waals surface area contributed by atoms with Gasteiger partial charge in [0.25, 0.3) is 10.0 Å². The maximum Gasteiger partial charge on any atom is 0.338 e. The van der Waals surface area contributed by atoms with Gasteiger partial charge in [0.2, 0.25) is 10.0 Å². The van der Waals surface area contributed by atoms with Gasteiger partial charge < -0.3 is 9.47 Å². The molecule has 0 aliphatic rings. The second kappa shape index (κ2) is 11.0. The molecule has 33 heavy (non-hydrogen) atoms. The smallest absolute Gasteiger partial charge is 0.338 e. The molecule has 0 heterocycles. The number of carbonyl (C=O) groups is 1. The number of benzene rings is 2. The maximum absolute atomic E-state index is 13.0. The lowest BCUT2D eigenvalue weighted by atomic mass is 10.2. The van der Waals surface area contributed by atoms with Crippen LogP contribution in [-0.2, 0) is 24.8 Å². The van der Waals surface area contributed by atoms with Gasteiger partial charge in [-0.2, -0.15) is 4.31 Å². The van der Waals surface area contributed by atoms with Crippen LogP contribution in [0.15, 0.2) is 52.3 Å². The Labute approximate surface area is 195 Å². The molecule has 0 fully saturated rings. The van der Waals surface area contributed by atoms with E-state index in [0.717, 1.165) is 0 Å². The highest BCUT2D eigenvalue weighted by atomic mass is 32.2. The molecule has 0 amide bonds. The van der Waals surface area contributed by atoms with Crippen molar-refractivity contribution in [2.24, 2.45) is 0 Å². The Bertz CT molecular complexity index is 1170. The first kappa shape index (κ1) is 26.6. The zero-order valence-corrected chi connectivity index (χ0v) is 21.0. The van der Waals surface area contributed by atoms with Crippen molar-refractivity contribution >= 4 is 31.7 Å². The van der Waals surface area contributed by atoms with Crippen molar-refractivity contribution in [3.63, 3.8) is 0 Å². The molecule has 0 saturated carbocycles. The minimum atomic E-state index is -4.11. The molecule has 0 spiro atoms. The summed E-state index contributed by atoms with van der Waals surface area (Å²) >= 11 is 0. The zero-order valence-electron chi connectivity index (χ0n) is 19.4. The van der Waals surface area contributed by atoms with Crippen LogP contribution in [0.3, 0.4) is 0 Å². The second-order valence-corrected chi connectivity index (χ2v) is 10.9. The third kappa shape index (κ3) is 6.46. The van der Waals surface area contributed by atoms with Crippen LogP contribution >= 0.6 is 0 Å². The fourth-order valence-corrected chi connectivity index (χ4v) is 5.55. The molecule has 182 valence electrons. The summed E-state index contributed by atoms with van der Waals surface area (Å²) in [4.78, 5) is 11.6. The molecular formula is C22H30N2O7S2. The van der Waals surface area contributed by atoms with E-state index < -0.39 is 26.0 Å². The van der Waals surface area contributed by atoms with Gasteiger partial charge in [0.05, 0.1) is 33.8 Å². The van der Waals surface area contributed by atoms with Crippen LogP contribution in [0.4, 0.5) is 5.69 Å². The predicted octanol–water partition coefficient (Wildman–Crippen LogP) is 3.48. The normalized spacial score (nSPS) is 12.1. The van der Waals surface area contributed by atoms with E-state index >= 15 is 0 Å². The zero-order chi connectivity index (χ0) is 24.8. The van der Waals surface area contributed by atoms with Crippen LogP contribution in [0.1, 0.15) is 45.0 Å². The van der Waals surface area contributed by atoms with Gasteiger partial charge in [-0.1, -0.05) is 13.8 Å². The fraction of sp³-hybridized carbons (Fsp3) is 0.409. The van der Waals surface area contributed by atoms with Crippen molar-refractivity contribution in [2.45, 2.75) is 50.5 Å². The van der Waals surface area contributed by atoms with Crippen LogP contribution in [0, 0.1) is 0 Å². The van der Waals surface area contributed by atoms with Crippen LogP contribution < -0.4 is 9.46 Å². The first-order chi connectivity index (χ1) is 15.5. The van der Waals surface area contributed by atoms with Crippen molar-refractivity contribution in [2.75, 3.05) is 24.4 Å². The lowest BCUT2D eigenvalue weighted by Crippen LogP contribution is -2.30. The summed E-state index contributed by atoms with van der Waals surface area (Å²) in [5.41, 5.74) is 0.207. The Hall–Kier alpha value is -2.63. The number of sulfonamides is 2. The van der Waals surface area contributed by atoms with E-state index in [1.54, 1.807) is 34.6 Å². The van der Waals surface area contributed by atoms with Crippen molar-refractivity contribution in [1.29, 1.82) is 0 Å². The highest BCUT2D eigenvalue weighted by Gasteiger charge is 2.25. The molecule has 2 aromatic rings. The molecule has 0 aliphatic carbocycles. The predicted molar refractivity (Wildman–Crippen MR) is 126 cm³/mol. The summed E-state index contributed by atoms with van der Waals surface area (Å²) in [7, 11) is -7.93. The van der Waals surface area contributed by atoms with Crippen molar-refractivity contribution in [3.05, 3.63) is 48.0 Å². The molecule has 9 nitrogen and oxygen atoms in total. The van der Waals surface area contributed by atoms with Gasteiger partial charge in [-0.3, -0.25) is 4.72 Å². The van der Waals surface area contributed by atoms with Crippen LogP contribution in [0.5, 0.6) is 5.75 Å². The number of nitrogens with zero attached hydrogens (tertiary/aromatic N) is 1. The average molecular weight is 499 g/mol. The highest BCUT2D eigenvalue weighted by molar-refractivity contribution is 7.92. The Kier molecular flexibility index (Phi) is 8.87. The van der Waals surface area contributed by atoms with Crippen molar-refractivity contribution < 1.29 is 31.1 Å². The van der Waals surface area contributed by atoms with Crippen molar-refractivity contribution in [3.8, 4) is 5.75 Å². The average Bonchev–Trinajstić information content (AvgIpc) is 2.75. The molecule has 0 bridgehead atoms. The molecule has 0 saturated heterocycles. The van der Waals surface area contributed by atoms with Gasteiger partial charge in [0.15, 0.2) is 0 Å². The minimum absolute atomic E-state index is 0.00796. The molecule has 2 rings (SSSR count). The first-order valence-electron chi connectivity index (χ1n) is 10.6. The van der Waals surface area contributed by atoms with E-state index in [-0.39, 0.29) is 52.6 Å². The number of hydrogen-bond acceptors (Lipinski definition) is 7. The topological polar surface area (TPSA) is 119 Å². The van der Waals surface area contributed by atoms with Crippen LogP contribution in [-0.4, -0.2) is 52.9 Å². The van der Waals surface area contributed by atoms with E-state index in [1.165, 1.54) is 46.8 Å². The summed E-state index contributed by atoms with van der Waals surface area (Å²) in [6, 6.07) is 9.30. The summed E-state index contributed by atoms with van der Waals surface area (Å²) in [6.07, 6.45) is -0.276. The molecule has 11 heteroatoms. The largest absolute Gasteiger partial charge is 0.489 e. The molecule has 0 unspecified atom stereocenters. The lowest BCUT2D eigenvalue weighted by Gasteiger charge is -2.21. The first-order valence-corrected chi connectivity index (χ1v) is 13.5. The Balaban J connectivity index is 2.47. The Morgan fingerprint density at radius 1 is 0.939 bits per heavy atom. The standard InChI is InChI=1S/C22H30N2O7S2/c1-6-24(7-2)33(28,29)19-13-14-21(31-16(4)5)20(15-19)23-32(26,27)18-11-9-17(10-12-18)22(25)30-8-3/h9-16,23H,6-8H2,1-5H3. The lowest BCUT2D eigenvalue weighted by molar-refractivity contribution is 0.0526. The number of anilines is 1. The Morgan fingerprint density at radius 3 is 2.03 bits per heavy atom. The maximum atomic E-state index is 13.0. The molecular weight excluding hydrogens is 468 g/mol. The molecule has 0 atom stereocenters. The number of carbonyl (C=O) groups excluding carboxylic acids is 1. The Morgan fingerprint density at radius 2 is 1.52 bits per heavy atom. The highest BCUT2D eigenvalue weighted by Crippen LogP contribution is 2.32. The monoisotopic (exact) mass is 498 g/mol. The van der Waals surface area contributed by atoms with E-state index in [0.29, 0.717) is 0 Å². The van der Waals surface area contributed by atoms with Gasteiger partial charge >= 0.3 is 5.97 Å². The summed E-state index contributed by atoms with van der Waals surface area (Å²) in [5, 5.41) is 0.